The number of benzene rings is 1. The lowest BCUT2D eigenvalue weighted by atomic mass is 10.1. The molecule has 1 saturated heterocycles. The number of hydrogen-bond acceptors (Lipinski definition) is 4. The molecule has 0 radical (unpaired) electrons. The molecule has 0 aromatic heterocycles. The first-order valence-corrected chi connectivity index (χ1v) is 8.55. The van der Waals surface area contributed by atoms with E-state index in [0.29, 0.717) is 18.4 Å². The summed E-state index contributed by atoms with van der Waals surface area (Å²) in [6.45, 7) is 3.02. The Hall–Kier alpha value is -0.750. The molecule has 1 aromatic rings. The van der Waals surface area contributed by atoms with Crippen molar-refractivity contribution in [2.24, 2.45) is 5.73 Å². The lowest BCUT2D eigenvalue weighted by Crippen LogP contribution is -2.41. The van der Waals surface area contributed by atoms with Gasteiger partial charge in [-0.1, -0.05) is 18.2 Å². The number of likely N-dealkylation sites (tertiary alicyclic amines) is 1. The Kier molecular flexibility index (Phi) is 9.55. The molecule has 0 saturated carbocycles. The van der Waals surface area contributed by atoms with Crippen LogP contribution in [0, 0.1) is 0 Å². The van der Waals surface area contributed by atoms with Crippen molar-refractivity contribution < 1.29 is 9.53 Å². The molecule has 6 heteroatoms. The van der Waals surface area contributed by atoms with Crippen LogP contribution in [-0.4, -0.2) is 48.9 Å². The summed E-state index contributed by atoms with van der Waals surface area (Å²) in [5, 5.41) is 0. The van der Waals surface area contributed by atoms with Gasteiger partial charge in [0.15, 0.2) is 0 Å². The number of halogens is 1. The van der Waals surface area contributed by atoms with Crippen LogP contribution in [0.4, 0.5) is 0 Å². The standard InChI is InChI=1S/C16H24N2O2S.ClH/c17-9-4-12-20-14-7-10-18(11-8-14)16(19)13-21-15-5-2-1-3-6-15;/h1-3,5-6,14H,4,7-13,17H2;1H. The fourth-order valence-corrected chi connectivity index (χ4v) is 3.18. The molecule has 1 aromatic carbocycles. The van der Waals surface area contributed by atoms with Crippen molar-refractivity contribution in [3.63, 3.8) is 0 Å². The minimum atomic E-state index is 0. The highest BCUT2D eigenvalue weighted by Crippen LogP contribution is 2.19. The maximum Gasteiger partial charge on any atom is 0.232 e. The fourth-order valence-electron chi connectivity index (χ4n) is 2.36. The van der Waals surface area contributed by atoms with E-state index in [2.05, 4.69) is 0 Å². The Morgan fingerprint density at radius 1 is 1.27 bits per heavy atom. The Bertz CT molecular complexity index is 425. The molecule has 1 heterocycles. The van der Waals surface area contributed by atoms with Gasteiger partial charge in [-0.15, -0.1) is 24.2 Å². The van der Waals surface area contributed by atoms with E-state index in [9.17, 15) is 4.79 Å². The molecule has 0 bridgehead atoms. The third kappa shape index (κ3) is 6.57. The maximum absolute atomic E-state index is 12.2. The molecule has 22 heavy (non-hydrogen) atoms. The van der Waals surface area contributed by atoms with Gasteiger partial charge in [0.25, 0.3) is 0 Å². The van der Waals surface area contributed by atoms with Crippen LogP contribution in [0.5, 0.6) is 0 Å². The van der Waals surface area contributed by atoms with E-state index in [0.717, 1.165) is 43.9 Å². The van der Waals surface area contributed by atoms with Gasteiger partial charge >= 0.3 is 0 Å². The molecule has 0 spiro atoms. The zero-order chi connectivity index (χ0) is 14.9. The van der Waals surface area contributed by atoms with Gasteiger partial charge in [0.1, 0.15) is 0 Å². The number of amides is 1. The molecule has 2 rings (SSSR count). The second-order valence-corrected chi connectivity index (χ2v) is 6.24. The van der Waals surface area contributed by atoms with Crippen molar-refractivity contribution in [2.75, 3.05) is 32.0 Å². The number of nitrogens with zero attached hydrogens (tertiary/aromatic N) is 1. The molecule has 4 nitrogen and oxygen atoms in total. The largest absolute Gasteiger partial charge is 0.378 e. The lowest BCUT2D eigenvalue weighted by Gasteiger charge is -2.32. The van der Waals surface area contributed by atoms with Crippen molar-refractivity contribution >= 4 is 30.1 Å². The highest BCUT2D eigenvalue weighted by Gasteiger charge is 2.22. The van der Waals surface area contributed by atoms with Gasteiger partial charge in [-0.2, -0.15) is 0 Å². The van der Waals surface area contributed by atoms with Crippen LogP contribution < -0.4 is 5.73 Å². The highest BCUT2D eigenvalue weighted by atomic mass is 35.5. The van der Waals surface area contributed by atoms with Gasteiger partial charge in [-0.05, 0) is 37.9 Å². The number of carbonyl (C=O) groups is 1. The van der Waals surface area contributed by atoms with E-state index in [1.807, 2.05) is 35.2 Å². The zero-order valence-corrected chi connectivity index (χ0v) is 14.4. The van der Waals surface area contributed by atoms with Gasteiger partial charge in [0, 0.05) is 24.6 Å². The number of nitrogens with two attached hydrogens (primary N) is 1. The Morgan fingerprint density at radius 2 is 1.95 bits per heavy atom. The average Bonchev–Trinajstić information content (AvgIpc) is 2.54. The van der Waals surface area contributed by atoms with E-state index in [1.54, 1.807) is 11.8 Å². The smallest absolute Gasteiger partial charge is 0.232 e. The monoisotopic (exact) mass is 344 g/mol. The Morgan fingerprint density at radius 3 is 2.59 bits per heavy atom. The quantitative estimate of drug-likeness (QED) is 0.610. The van der Waals surface area contributed by atoms with E-state index < -0.39 is 0 Å². The van der Waals surface area contributed by atoms with Crippen molar-refractivity contribution in [2.45, 2.75) is 30.3 Å². The minimum absolute atomic E-state index is 0. The Labute approximate surface area is 143 Å². The zero-order valence-electron chi connectivity index (χ0n) is 12.8. The van der Waals surface area contributed by atoms with Crippen LogP contribution in [-0.2, 0) is 9.53 Å². The topological polar surface area (TPSA) is 55.6 Å². The normalized spacial score (nSPS) is 15.4. The molecule has 1 amide bonds. The summed E-state index contributed by atoms with van der Waals surface area (Å²) in [5.74, 6) is 0.743. The number of carbonyl (C=O) groups excluding carboxylic acids is 1. The van der Waals surface area contributed by atoms with Crippen LogP contribution in [0.3, 0.4) is 0 Å². The fraction of sp³-hybridized carbons (Fsp3) is 0.562. The van der Waals surface area contributed by atoms with E-state index in [4.69, 9.17) is 10.5 Å². The summed E-state index contributed by atoms with van der Waals surface area (Å²) in [4.78, 5) is 15.3. The summed E-state index contributed by atoms with van der Waals surface area (Å²) in [6, 6.07) is 10.1. The SMILES string of the molecule is Cl.NCCCOC1CCN(C(=O)CSc2ccccc2)CC1. The van der Waals surface area contributed by atoms with Crippen molar-refractivity contribution in [1.82, 2.24) is 4.90 Å². The van der Waals surface area contributed by atoms with Gasteiger partial charge < -0.3 is 15.4 Å². The summed E-state index contributed by atoms with van der Waals surface area (Å²) >= 11 is 1.60. The van der Waals surface area contributed by atoms with Gasteiger partial charge in [-0.3, -0.25) is 4.79 Å². The van der Waals surface area contributed by atoms with Crippen molar-refractivity contribution in [1.29, 1.82) is 0 Å². The summed E-state index contributed by atoms with van der Waals surface area (Å²) in [6.07, 6.45) is 3.08. The van der Waals surface area contributed by atoms with Gasteiger partial charge in [0.2, 0.25) is 5.91 Å². The number of thioether (sulfide) groups is 1. The van der Waals surface area contributed by atoms with Crippen LogP contribution in [0.15, 0.2) is 35.2 Å². The molecule has 0 aliphatic carbocycles. The van der Waals surface area contributed by atoms with Gasteiger partial charge in [0.05, 0.1) is 11.9 Å². The molecular formula is C16H25ClN2O2S. The van der Waals surface area contributed by atoms with E-state index >= 15 is 0 Å². The summed E-state index contributed by atoms with van der Waals surface area (Å²) < 4.78 is 5.76. The molecule has 124 valence electrons. The molecule has 0 atom stereocenters. The second-order valence-electron chi connectivity index (χ2n) is 5.19. The molecule has 0 unspecified atom stereocenters. The molecule has 1 aliphatic heterocycles. The van der Waals surface area contributed by atoms with Crippen LogP contribution in [0.1, 0.15) is 19.3 Å². The van der Waals surface area contributed by atoms with E-state index in [-0.39, 0.29) is 18.3 Å². The number of hydrogen-bond donors (Lipinski definition) is 1. The molecule has 1 fully saturated rings. The van der Waals surface area contributed by atoms with E-state index in [1.165, 1.54) is 0 Å². The van der Waals surface area contributed by atoms with Crippen molar-refractivity contribution in [3.05, 3.63) is 30.3 Å². The molecule has 1 aliphatic rings. The summed E-state index contributed by atoms with van der Waals surface area (Å²) in [7, 11) is 0. The number of ether oxygens (including phenoxy) is 1. The first-order valence-electron chi connectivity index (χ1n) is 7.57. The number of piperidine rings is 1. The first-order chi connectivity index (χ1) is 10.3. The summed E-state index contributed by atoms with van der Waals surface area (Å²) in [5.41, 5.74) is 5.45. The van der Waals surface area contributed by atoms with Gasteiger partial charge in [-0.25, -0.2) is 0 Å². The minimum Gasteiger partial charge on any atom is -0.378 e. The Balaban J connectivity index is 0.00000242. The van der Waals surface area contributed by atoms with Crippen LogP contribution in [0.2, 0.25) is 0 Å². The van der Waals surface area contributed by atoms with Crippen LogP contribution in [0.25, 0.3) is 0 Å². The third-order valence-corrected chi connectivity index (χ3v) is 4.60. The molecular weight excluding hydrogens is 320 g/mol. The predicted octanol–water partition coefficient (Wildman–Crippen LogP) is 2.56. The average molecular weight is 345 g/mol. The van der Waals surface area contributed by atoms with Crippen LogP contribution >= 0.6 is 24.2 Å². The third-order valence-electron chi connectivity index (χ3n) is 3.60. The van der Waals surface area contributed by atoms with Crippen molar-refractivity contribution in [3.8, 4) is 0 Å². The number of rotatable bonds is 7. The second kappa shape index (κ2) is 10.9. The first kappa shape index (κ1) is 19.3. The molecule has 2 N–H and O–H groups in total. The highest BCUT2D eigenvalue weighted by molar-refractivity contribution is 8.00. The predicted molar refractivity (Wildman–Crippen MR) is 93.6 cm³/mol. The maximum atomic E-state index is 12.2. The lowest BCUT2D eigenvalue weighted by molar-refractivity contribution is -0.130.